The van der Waals surface area contributed by atoms with Gasteiger partial charge in [0.1, 0.15) is 0 Å². The van der Waals surface area contributed by atoms with E-state index in [1.165, 1.54) is 0 Å². The molecule has 0 radical (unpaired) electrons. The minimum Gasteiger partial charge on any atom is -0.341 e. The molecular formula is C7H8N4. The maximum atomic E-state index is 4.09. The van der Waals surface area contributed by atoms with Crippen molar-refractivity contribution in [2.75, 3.05) is 0 Å². The summed E-state index contributed by atoms with van der Waals surface area (Å²) in [5, 5.41) is 7.80. The fourth-order valence-electron chi connectivity index (χ4n) is 1.02. The molecule has 2 heterocycles. The predicted octanol–water partition coefficient (Wildman–Crippen LogP) is 0.623. The van der Waals surface area contributed by atoms with Crippen molar-refractivity contribution in [3.8, 4) is 11.4 Å². The Morgan fingerprint density at radius 1 is 1.36 bits per heavy atom. The van der Waals surface area contributed by atoms with Gasteiger partial charge in [0.2, 0.25) is 0 Å². The van der Waals surface area contributed by atoms with Crippen LogP contribution in [0.25, 0.3) is 11.4 Å². The number of nitrogens with zero attached hydrogens (tertiary/aromatic N) is 4. The molecule has 0 aromatic rings. The van der Waals surface area contributed by atoms with Gasteiger partial charge in [0.05, 0.1) is 17.6 Å². The monoisotopic (exact) mass is 148 g/mol. The van der Waals surface area contributed by atoms with Gasteiger partial charge in [-0.3, -0.25) is 0 Å². The van der Waals surface area contributed by atoms with Crippen molar-refractivity contribution in [1.82, 2.24) is 19.7 Å². The molecule has 0 fully saturated rings. The fourth-order valence-corrected chi connectivity index (χ4v) is 1.02. The van der Waals surface area contributed by atoms with Crippen LogP contribution in [0.3, 0.4) is 0 Å². The Balaban J connectivity index is 2.76. The summed E-state index contributed by atoms with van der Waals surface area (Å²) in [4.78, 5) is 4.09. The Morgan fingerprint density at radius 3 is 3.00 bits per heavy atom. The van der Waals surface area contributed by atoms with Gasteiger partial charge >= 0.3 is 0 Å². The SMILES string of the molecule is Cc1nnc2ncn(C)cc1-2. The molecule has 0 amide bonds. The first kappa shape index (κ1) is 6.27. The van der Waals surface area contributed by atoms with Gasteiger partial charge in [0.15, 0.2) is 5.82 Å². The summed E-state index contributed by atoms with van der Waals surface area (Å²) in [6, 6.07) is 0. The first-order valence-electron chi connectivity index (χ1n) is 3.38. The van der Waals surface area contributed by atoms with Crippen LogP contribution in [0.4, 0.5) is 0 Å². The van der Waals surface area contributed by atoms with Crippen LogP contribution >= 0.6 is 0 Å². The van der Waals surface area contributed by atoms with Crippen molar-refractivity contribution < 1.29 is 0 Å². The molecule has 0 atom stereocenters. The molecule has 2 aliphatic heterocycles. The topological polar surface area (TPSA) is 43.6 Å². The van der Waals surface area contributed by atoms with Crippen molar-refractivity contribution in [2.24, 2.45) is 7.05 Å². The summed E-state index contributed by atoms with van der Waals surface area (Å²) >= 11 is 0. The number of hydrogen-bond acceptors (Lipinski definition) is 3. The molecular weight excluding hydrogens is 140 g/mol. The Kier molecular flexibility index (Phi) is 1.15. The van der Waals surface area contributed by atoms with Crippen molar-refractivity contribution in [3.63, 3.8) is 0 Å². The van der Waals surface area contributed by atoms with E-state index in [4.69, 9.17) is 0 Å². The average molecular weight is 148 g/mol. The number of aromatic nitrogens is 4. The fraction of sp³-hybridized carbons (Fsp3) is 0.286. The summed E-state index contributed by atoms with van der Waals surface area (Å²) < 4.78 is 1.89. The third-order valence-corrected chi connectivity index (χ3v) is 1.62. The Bertz CT molecular complexity index is 352. The largest absolute Gasteiger partial charge is 0.341 e. The molecule has 56 valence electrons. The second kappa shape index (κ2) is 2.02. The summed E-state index contributed by atoms with van der Waals surface area (Å²) in [6.07, 6.45) is 3.69. The molecule has 0 saturated carbocycles. The third kappa shape index (κ3) is 0.869. The molecule has 0 spiro atoms. The molecule has 0 unspecified atom stereocenters. The van der Waals surface area contributed by atoms with Gasteiger partial charge in [-0.2, -0.15) is 5.10 Å². The zero-order chi connectivity index (χ0) is 7.84. The van der Waals surface area contributed by atoms with Gasteiger partial charge in [-0.25, -0.2) is 4.98 Å². The molecule has 11 heavy (non-hydrogen) atoms. The Hall–Kier alpha value is -1.45. The zero-order valence-corrected chi connectivity index (χ0v) is 6.44. The van der Waals surface area contributed by atoms with Crippen LogP contribution in [0.2, 0.25) is 0 Å². The maximum absolute atomic E-state index is 4.09. The molecule has 4 nitrogen and oxygen atoms in total. The zero-order valence-electron chi connectivity index (χ0n) is 6.44. The van der Waals surface area contributed by atoms with E-state index in [-0.39, 0.29) is 0 Å². The average Bonchev–Trinajstić information content (AvgIpc) is 2.33. The van der Waals surface area contributed by atoms with E-state index < -0.39 is 0 Å². The number of fused-ring (bicyclic) bond motifs is 1. The summed E-state index contributed by atoms with van der Waals surface area (Å²) in [5.41, 5.74) is 1.96. The molecule has 0 aliphatic carbocycles. The van der Waals surface area contributed by atoms with Crippen LogP contribution < -0.4 is 0 Å². The normalized spacial score (nSPS) is 10.7. The van der Waals surface area contributed by atoms with Crippen LogP contribution in [-0.4, -0.2) is 19.7 Å². The second-order valence-electron chi connectivity index (χ2n) is 2.56. The highest BCUT2D eigenvalue weighted by Crippen LogP contribution is 2.17. The van der Waals surface area contributed by atoms with Crippen molar-refractivity contribution in [2.45, 2.75) is 6.92 Å². The van der Waals surface area contributed by atoms with E-state index in [2.05, 4.69) is 15.2 Å². The smallest absolute Gasteiger partial charge is 0.186 e. The first-order chi connectivity index (χ1) is 5.27. The van der Waals surface area contributed by atoms with Gasteiger partial charge in [-0.1, -0.05) is 0 Å². The van der Waals surface area contributed by atoms with Gasteiger partial charge in [0.25, 0.3) is 0 Å². The lowest BCUT2D eigenvalue weighted by molar-refractivity contribution is 0.860. The maximum Gasteiger partial charge on any atom is 0.186 e. The lowest BCUT2D eigenvalue weighted by atomic mass is 10.2. The number of hydrogen-bond donors (Lipinski definition) is 0. The quantitative estimate of drug-likeness (QED) is 0.550. The second-order valence-corrected chi connectivity index (χ2v) is 2.56. The highest BCUT2D eigenvalue weighted by atomic mass is 15.2. The lowest BCUT2D eigenvalue weighted by Crippen LogP contribution is -1.94. The molecule has 2 rings (SSSR count). The van der Waals surface area contributed by atoms with Crippen molar-refractivity contribution >= 4 is 0 Å². The van der Waals surface area contributed by atoms with E-state index >= 15 is 0 Å². The van der Waals surface area contributed by atoms with Crippen LogP contribution in [0.1, 0.15) is 5.69 Å². The Labute approximate surface area is 64.2 Å². The highest BCUT2D eigenvalue weighted by Gasteiger charge is 2.09. The number of rotatable bonds is 0. The van der Waals surface area contributed by atoms with E-state index in [0.717, 1.165) is 17.1 Å². The molecule has 4 heteroatoms. The van der Waals surface area contributed by atoms with E-state index in [1.54, 1.807) is 6.33 Å². The predicted molar refractivity (Wildman–Crippen MR) is 40.2 cm³/mol. The van der Waals surface area contributed by atoms with Crippen LogP contribution in [0, 0.1) is 6.92 Å². The minimum atomic E-state index is 0.723. The van der Waals surface area contributed by atoms with Gasteiger partial charge in [0, 0.05) is 13.2 Å². The molecule has 0 aromatic heterocycles. The van der Waals surface area contributed by atoms with Crippen LogP contribution in [-0.2, 0) is 7.05 Å². The van der Waals surface area contributed by atoms with E-state index in [0.29, 0.717) is 0 Å². The van der Waals surface area contributed by atoms with Gasteiger partial charge < -0.3 is 4.57 Å². The molecule has 0 saturated heterocycles. The standard InChI is InChI=1S/C7H8N4/c1-5-6-3-11(2)4-8-7(6)10-9-5/h3-4H,1-2H3. The van der Waals surface area contributed by atoms with E-state index in [1.807, 2.05) is 24.7 Å². The van der Waals surface area contributed by atoms with Crippen LogP contribution in [0.5, 0.6) is 0 Å². The molecule has 0 aromatic carbocycles. The Morgan fingerprint density at radius 2 is 2.18 bits per heavy atom. The third-order valence-electron chi connectivity index (χ3n) is 1.62. The minimum absolute atomic E-state index is 0.723. The van der Waals surface area contributed by atoms with Crippen LogP contribution in [0.15, 0.2) is 12.5 Å². The highest BCUT2D eigenvalue weighted by molar-refractivity contribution is 5.57. The lowest BCUT2D eigenvalue weighted by Gasteiger charge is -1.99. The molecule has 2 aliphatic rings. The molecule has 0 N–H and O–H groups in total. The van der Waals surface area contributed by atoms with Crippen molar-refractivity contribution in [3.05, 3.63) is 18.2 Å². The number of aryl methyl sites for hydroxylation is 2. The van der Waals surface area contributed by atoms with Gasteiger partial charge in [-0.15, -0.1) is 5.10 Å². The molecule has 0 bridgehead atoms. The van der Waals surface area contributed by atoms with E-state index in [9.17, 15) is 0 Å². The summed E-state index contributed by atoms with van der Waals surface area (Å²) in [5.74, 6) is 0.723. The van der Waals surface area contributed by atoms with Gasteiger partial charge in [-0.05, 0) is 6.92 Å². The van der Waals surface area contributed by atoms with Crippen molar-refractivity contribution in [1.29, 1.82) is 0 Å². The summed E-state index contributed by atoms with van der Waals surface area (Å²) in [7, 11) is 1.93. The first-order valence-corrected chi connectivity index (χ1v) is 3.38. The summed E-state index contributed by atoms with van der Waals surface area (Å²) in [6.45, 7) is 1.93.